The van der Waals surface area contributed by atoms with Crippen LogP contribution >= 0.6 is 0 Å². The molecular formula is C20H25FN2O. The van der Waals surface area contributed by atoms with Crippen molar-refractivity contribution in [3.8, 4) is 0 Å². The molecule has 2 aromatic carbocycles. The minimum atomic E-state index is -0.239. The predicted octanol–water partition coefficient (Wildman–Crippen LogP) is 4.38. The highest BCUT2D eigenvalue weighted by molar-refractivity contribution is 5.92. The van der Waals surface area contributed by atoms with E-state index in [0.29, 0.717) is 25.4 Å². The van der Waals surface area contributed by atoms with Gasteiger partial charge >= 0.3 is 0 Å². The first kappa shape index (κ1) is 18.1. The maximum atomic E-state index is 12.8. The Morgan fingerprint density at radius 1 is 1.12 bits per heavy atom. The van der Waals surface area contributed by atoms with Gasteiger partial charge in [-0.05, 0) is 41.7 Å². The summed E-state index contributed by atoms with van der Waals surface area (Å²) in [5.74, 6) is 0.118. The summed E-state index contributed by atoms with van der Waals surface area (Å²) in [6, 6.07) is 12.4. The van der Waals surface area contributed by atoms with Crippen LogP contribution in [0.1, 0.15) is 42.9 Å². The van der Waals surface area contributed by atoms with Gasteiger partial charge in [-0.2, -0.15) is 0 Å². The van der Waals surface area contributed by atoms with Crippen LogP contribution in [0, 0.1) is 12.7 Å². The average Bonchev–Trinajstić information content (AvgIpc) is 2.55. The maximum Gasteiger partial charge on any atom is 0.225 e. The Hall–Kier alpha value is -2.20. The van der Waals surface area contributed by atoms with Crippen LogP contribution in [0.4, 0.5) is 10.1 Å². The van der Waals surface area contributed by atoms with Crippen LogP contribution in [0.3, 0.4) is 0 Å². The summed E-state index contributed by atoms with van der Waals surface area (Å²) in [7, 11) is 0. The fraction of sp³-hybridized carbons (Fsp3) is 0.350. The third-order valence-electron chi connectivity index (χ3n) is 3.96. The monoisotopic (exact) mass is 328 g/mol. The van der Waals surface area contributed by atoms with Gasteiger partial charge in [-0.25, -0.2) is 4.39 Å². The summed E-state index contributed by atoms with van der Waals surface area (Å²) < 4.78 is 12.8. The molecule has 0 fully saturated rings. The molecule has 0 heterocycles. The molecule has 0 atom stereocenters. The molecule has 0 aliphatic carbocycles. The summed E-state index contributed by atoms with van der Waals surface area (Å²) in [5.41, 5.74) is 4.16. The quantitative estimate of drug-likeness (QED) is 0.741. The first-order chi connectivity index (χ1) is 11.5. The molecule has 1 amide bonds. The van der Waals surface area contributed by atoms with E-state index in [4.69, 9.17) is 0 Å². The lowest BCUT2D eigenvalue weighted by Gasteiger charge is -2.16. The zero-order valence-electron chi connectivity index (χ0n) is 14.5. The molecule has 0 aliphatic rings. The van der Waals surface area contributed by atoms with E-state index in [1.807, 2.05) is 19.1 Å². The van der Waals surface area contributed by atoms with Crippen LogP contribution in [-0.2, 0) is 11.3 Å². The van der Waals surface area contributed by atoms with Crippen molar-refractivity contribution >= 4 is 11.6 Å². The number of benzene rings is 2. The number of hydrogen-bond donors (Lipinski definition) is 2. The van der Waals surface area contributed by atoms with Crippen LogP contribution in [0.15, 0.2) is 42.5 Å². The zero-order valence-corrected chi connectivity index (χ0v) is 14.5. The fourth-order valence-electron chi connectivity index (χ4n) is 2.58. The van der Waals surface area contributed by atoms with Crippen molar-refractivity contribution in [2.24, 2.45) is 0 Å². The largest absolute Gasteiger partial charge is 0.326 e. The van der Waals surface area contributed by atoms with Gasteiger partial charge in [-0.15, -0.1) is 0 Å². The molecule has 24 heavy (non-hydrogen) atoms. The third-order valence-corrected chi connectivity index (χ3v) is 3.96. The first-order valence-corrected chi connectivity index (χ1v) is 8.32. The number of aryl methyl sites for hydroxylation is 1. The Morgan fingerprint density at radius 2 is 1.83 bits per heavy atom. The Balaban J connectivity index is 1.82. The van der Waals surface area contributed by atoms with E-state index < -0.39 is 0 Å². The maximum absolute atomic E-state index is 12.8. The lowest BCUT2D eigenvalue weighted by molar-refractivity contribution is -0.116. The van der Waals surface area contributed by atoms with Crippen molar-refractivity contribution in [2.45, 2.75) is 39.7 Å². The normalized spacial score (nSPS) is 10.9. The second kappa shape index (κ2) is 8.60. The van der Waals surface area contributed by atoms with Crippen LogP contribution in [0.2, 0.25) is 0 Å². The Morgan fingerprint density at radius 3 is 2.50 bits per heavy atom. The number of nitrogens with one attached hydrogen (secondary N) is 2. The summed E-state index contributed by atoms with van der Waals surface area (Å²) in [4.78, 5) is 12.2. The summed E-state index contributed by atoms with van der Waals surface area (Å²) in [5, 5.41) is 6.24. The smallest absolute Gasteiger partial charge is 0.225 e. The highest BCUT2D eigenvalue weighted by atomic mass is 19.1. The van der Waals surface area contributed by atoms with Gasteiger partial charge in [0.1, 0.15) is 5.82 Å². The average molecular weight is 328 g/mol. The zero-order chi connectivity index (χ0) is 17.5. The van der Waals surface area contributed by atoms with Crippen molar-refractivity contribution in [1.29, 1.82) is 0 Å². The molecule has 3 nitrogen and oxygen atoms in total. The van der Waals surface area contributed by atoms with Gasteiger partial charge in [0, 0.05) is 25.2 Å². The van der Waals surface area contributed by atoms with Gasteiger partial charge in [0.15, 0.2) is 0 Å². The van der Waals surface area contributed by atoms with Gasteiger partial charge in [0.25, 0.3) is 0 Å². The highest BCUT2D eigenvalue weighted by Gasteiger charge is 2.11. The predicted molar refractivity (Wildman–Crippen MR) is 96.6 cm³/mol. The molecule has 0 spiro atoms. The second-order valence-corrected chi connectivity index (χ2v) is 6.30. The number of carbonyl (C=O) groups excluding carboxylic acids is 1. The van der Waals surface area contributed by atoms with E-state index in [1.165, 1.54) is 12.1 Å². The van der Waals surface area contributed by atoms with Crippen molar-refractivity contribution in [2.75, 3.05) is 11.9 Å². The molecule has 0 aromatic heterocycles. The Kier molecular flexibility index (Phi) is 6.50. The number of para-hydroxylation sites is 1. The molecule has 2 aromatic rings. The number of halogens is 1. The third kappa shape index (κ3) is 5.17. The van der Waals surface area contributed by atoms with Crippen molar-refractivity contribution in [3.63, 3.8) is 0 Å². The first-order valence-electron chi connectivity index (χ1n) is 8.32. The Labute approximate surface area is 143 Å². The number of amides is 1. The molecule has 2 N–H and O–H groups in total. The Bertz CT molecular complexity index is 681. The molecule has 0 saturated carbocycles. The van der Waals surface area contributed by atoms with Crippen molar-refractivity contribution in [3.05, 3.63) is 65.0 Å². The molecule has 0 saturated heterocycles. The second-order valence-electron chi connectivity index (χ2n) is 6.30. The summed E-state index contributed by atoms with van der Waals surface area (Å²) in [6.45, 7) is 7.44. The van der Waals surface area contributed by atoms with E-state index in [9.17, 15) is 9.18 Å². The van der Waals surface area contributed by atoms with Crippen LogP contribution in [0.5, 0.6) is 0 Å². The van der Waals surface area contributed by atoms with E-state index >= 15 is 0 Å². The molecule has 4 heteroatoms. The van der Waals surface area contributed by atoms with Crippen molar-refractivity contribution < 1.29 is 9.18 Å². The SMILES string of the molecule is Cc1cccc(C(C)C)c1NC(=O)CCNCc1ccc(F)cc1. The number of hydrogen-bond acceptors (Lipinski definition) is 2. The molecule has 2 rings (SSSR count). The van der Waals surface area contributed by atoms with E-state index in [2.05, 4.69) is 30.5 Å². The minimum Gasteiger partial charge on any atom is -0.326 e. The number of rotatable bonds is 7. The molecule has 128 valence electrons. The van der Waals surface area contributed by atoms with Crippen molar-refractivity contribution in [1.82, 2.24) is 5.32 Å². The van der Waals surface area contributed by atoms with Gasteiger partial charge in [0.2, 0.25) is 5.91 Å². The lowest BCUT2D eigenvalue weighted by atomic mass is 9.98. The fourth-order valence-corrected chi connectivity index (χ4v) is 2.58. The molecule has 0 bridgehead atoms. The van der Waals surface area contributed by atoms with E-state index in [-0.39, 0.29) is 11.7 Å². The molecule has 0 radical (unpaired) electrons. The standard InChI is InChI=1S/C20H25FN2O/c1-14(2)18-6-4-5-15(3)20(18)23-19(24)11-12-22-13-16-7-9-17(21)10-8-16/h4-10,14,22H,11-13H2,1-3H3,(H,23,24). The minimum absolute atomic E-state index is 0.00203. The van der Waals surface area contributed by atoms with Gasteiger partial charge in [-0.3, -0.25) is 4.79 Å². The lowest BCUT2D eigenvalue weighted by Crippen LogP contribution is -2.22. The summed E-state index contributed by atoms with van der Waals surface area (Å²) in [6.07, 6.45) is 0.396. The molecular weight excluding hydrogens is 303 g/mol. The molecule has 0 unspecified atom stereocenters. The molecule has 0 aliphatic heterocycles. The van der Waals surface area contributed by atoms with E-state index in [1.54, 1.807) is 12.1 Å². The van der Waals surface area contributed by atoms with E-state index in [0.717, 1.165) is 22.4 Å². The van der Waals surface area contributed by atoms with Gasteiger partial charge in [-0.1, -0.05) is 44.2 Å². The van der Waals surface area contributed by atoms with Crippen LogP contribution in [-0.4, -0.2) is 12.5 Å². The van der Waals surface area contributed by atoms with Crippen LogP contribution in [0.25, 0.3) is 0 Å². The number of carbonyl (C=O) groups is 1. The highest BCUT2D eigenvalue weighted by Crippen LogP contribution is 2.27. The summed E-state index contributed by atoms with van der Waals surface area (Å²) >= 11 is 0. The topological polar surface area (TPSA) is 41.1 Å². The van der Waals surface area contributed by atoms with Gasteiger partial charge < -0.3 is 10.6 Å². The van der Waals surface area contributed by atoms with Crippen LogP contribution < -0.4 is 10.6 Å². The number of anilines is 1. The van der Waals surface area contributed by atoms with Gasteiger partial charge in [0.05, 0.1) is 0 Å².